The van der Waals surface area contributed by atoms with E-state index in [2.05, 4.69) is 11.9 Å². The number of carbonyl (C=O) groups is 1. The molecule has 26 heavy (non-hydrogen) atoms. The van der Waals surface area contributed by atoms with Crippen LogP contribution < -0.4 is 0 Å². The molecule has 1 atom stereocenters. The van der Waals surface area contributed by atoms with Gasteiger partial charge in [-0.2, -0.15) is 0 Å². The summed E-state index contributed by atoms with van der Waals surface area (Å²) in [6.07, 6.45) is 4.36. The first-order valence-electron chi connectivity index (χ1n) is 8.69. The maximum absolute atomic E-state index is 12.4. The van der Waals surface area contributed by atoms with Crippen molar-refractivity contribution in [2.45, 2.75) is 25.8 Å². The minimum Gasteiger partial charge on any atom is -0.447 e. The van der Waals surface area contributed by atoms with Gasteiger partial charge in [0.1, 0.15) is 12.8 Å². The van der Waals surface area contributed by atoms with Crippen LogP contribution in [0.1, 0.15) is 31.4 Å². The van der Waals surface area contributed by atoms with Crippen molar-refractivity contribution in [1.29, 1.82) is 0 Å². The van der Waals surface area contributed by atoms with Gasteiger partial charge in [0.05, 0.1) is 6.04 Å². The van der Waals surface area contributed by atoms with Crippen molar-refractivity contribution in [3.63, 3.8) is 0 Å². The number of benzene rings is 1. The first-order chi connectivity index (χ1) is 12.5. The molecule has 0 N–H and O–H groups in total. The average Bonchev–Trinajstić information content (AvgIpc) is 3.13. The molecule has 2 heterocycles. The fraction of sp³-hybridized carbons (Fsp3) is 0.444. The Morgan fingerprint density at radius 3 is 2.65 bits per heavy atom. The molecule has 1 aliphatic heterocycles. The van der Waals surface area contributed by atoms with Crippen LogP contribution in [0.2, 0.25) is 0 Å². The summed E-state index contributed by atoms with van der Waals surface area (Å²) in [6, 6.07) is 9.06. The van der Waals surface area contributed by atoms with E-state index in [4.69, 9.17) is 4.74 Å². The van der Waals surface area contributed by atoms with E-state index in [1.807, 2.05) is 30.3 Å². The molecule has 1 saturated heterocycles. The first-order valence-corrected chi connectivity index (χ1v) is 8.69. The van der Waals surface area contributed by atoms with Gasteiger partial charge < -0.3 is 19.8 Å². The smallest absolute Gasteiger partial charge is 0.409 e. The lowest BCUT2D eigenvalue weighted by molar-refractivity contribution is -0.389. The van der Waals surface area contributed by atoms with E-state index in [-0.39, 0.29) is 24.6 Å². The number of carbonyl (C=O) groups excluding carboxylic acids is 1. The summed E-state index contributed by atoms with van der Waals surface area (Å²) >= 11 is 0. The SMILES string of the molecule is CC1CCN(C(=O)OCC(c2ccccc2)n2cnc([N+](=O)[O-])c2)CC1. The number of hydrogen-bond donors (Lipinski definition) is 0. The van der Waals surface area contributed by atoms with E-state index in [9.17, 15) is 14.9 Å². The molecule has 1 aliphatic rings. The van der Waals surface area contributed by atoms with E-state index in [0.717, 1.165) is 18.4 Å². The fourth-order valence-electron chi connectivity index (χ4n) is 3.05. The molecule has 0 aliphatic carbocycles. The summed E-state index contributed by atoms with van der Waals surface area (Å²) in [5, 5.41) is 10.9. The van der Waals surface area contributed by atoms with Crippen LogP contribution in [0.4, 0.5) is 10.6 Å². The van der Waals surface area contributed by atoms with Crippen LogP contribution in [-0.4, -0.2) is 45.2 Å². The second-order valence-corrected chi connectivity index (χ2v) is 6.61. The van der Waals surface area contributed by atoms with Crippen LogP contribution in [0.25, 0.3) is 0 Å². The number of piperidine rings is 1. The highest BCUT2D eigenvalue weighted by Crippen LogP contribution is 2.22. The van der Waals surface area contributed by atoms with E-state index in [0.29, 0.717) is 19.0 Å². The number of imidazole rings is 1. The molecule has 3 rings (SSSR count). The zero-order valence-electron chi connectivity index (χ0n) is 14.7. The Morgan fingerprint density at radius 1 is 1.35 bits per heavy atom. The van der Waals surface area contributed by atoms with Gasteiger partial charge in [0, 0.05) is 13.1 Å². The zero-order chi connectivity index (χ0) is 18.5. The Morgan fingerprint density at radius 2 is 2.04 bits per heavy atom. The van der Waals surface area contributed by atoms with Gasteiger partial charge in [-0.3, -0.25) is 4.57 Å². The van der Waals surface area contributed by atoms with Crippen molar-refractivity contribution in [2.24, 2.45) is 5.92 Å². The maximum atomic E-state index is 12.4. The maximum Gasteiger partial charge on any atom is 0.409 e. The average molecular weight is 358 g/mol. The second kappa shape index (κ2) is 7.99. The van der Waals surface area contributed by atoms with Gasteiger partial charge in [-0.15, -0.1) is 0 Å². The summed E-state index contributed by atoms with van der Waals surface area (Å²) in [7, 11) is 0. The van der Waals surface area contributed by atoms with Crippen molar-refractivity contribution in [3.05, 3.63) is 58.5 Å². The molecule has 1 fully saturated rings. The quantitative estimate of drug-likeness (QED) is 0.604. The summed E-state index contributed by atoms with van der Waals surface area (Å²) in [5.41, 5.74) is 0.889. The molecule has 1 amide bonds. The largest absolute Gasteiger partial charge is 0.447 e. The van der Waals surface area contributed by atoms with Gasteiger partial charge in [-0.05, 0) is 34.2 Å². The third-order valence-corrected chi connectivity index (χ3v) is 4.73. The van der Waals surface area contributed by atoms with Crippen LogP contribution in [-0.2, 0) is 4.74 Å². The Hall–Kier alpha value is -2.90. The minimum atomic E-state index is -0.542. The lowest BCUT2D eigenvalue weighted by Gasteiger charge is -2.30. The molecular weight excluding hydrogens is 336 g/mol. The summed E-state index contributed by atoms with van der Waals surface area (Å²) in [6.45, 7) is 3.67. The highest BCUT2D eigenvalue weighted by atomic mass is 16.6. The number of likely N-dealkylation sites (tertiary alicyclic amines) is 1. The van der Waals surface area contributed by atoms with Crippen LogP contribution in [0.3, 0.4) is 0 Å². The van der Waals surface area contributed by atoms with Gasteiger partial charge in [0.25, 0.3) is 0 Å². The Kier molecular flexibility index (Phi) is 5.50. The normalized spacial score (nSPS) is 16.3. The molecule has 0 saturated carbocycles. The van der Waals surface area contributed by atoms with Crippen LogP contribution in [0.15, 0.2) is 42.9 Å². The standard InChI is InChI=1S/C18H22N4O4/c1-14-7-9-20(10-8-14)18(23)26-12-16(15-5-3-2-4-6-15)21-11-17(19-13-21)22(24)25/h2-6,11,13-14,16H,7-10,12H2,1H3. The number of nitro groups is 1. The minimum absolute atomic E-state index is 0.0857. The van der Waals surface area contributed by atoms with E-state index >= 15 is 0 Å². The number of rotatable bonds is 5. The highest BCUT2D eigenvalue weighted by Gasteiger charge is 2.24. The summed E-state index contributed by atoms with van der Waals surface area (Å²) in [5.74, 6) is 0.393. The van der Waals surface area contributed by atoms with E-state index < -0.39 is 4.92 Å². The number of hydrogen-bond acceptors (Lipinski definition) is 5. The molecule has 2 aromatic rings. The molecule has 1 unspecified atom stereocenters. The predicted octanol–water partition coefficient (Wildman–Crippen LogP) is 3.25. The van der Waals surface area contributed by atoms with E-state index in [1.54, 1.807) is 9.47 Å². The third-order valence-electron chi connectivity index (χ3n) is 4.73. The third kappa shape index (κ3) is 4.19. The van der Waals surface area contributed by atoms with E-state index in [1.165, 1.54) is 12.5 Å². The lowest BCUT2D eigenvalue weighted by atomic mass is 10.00. The van der Waals surface area contributed by atoms with Crippen molar-refractivity contribution >= 4 is 11.9 Å². The van der Waals surface area contributed by atoms with Crippen LogP contribution >= 0.6 is 0 Å². The van der Waals surface area contributed by atoms with Crippen LogP contribution in [0, 0.1) is 16.0 Å². The molecule has 1 aromatic carbocycles. The molecule has 0 bridgehead atoms. The molecule has 138 valence electrons. The number of aromatic nitrogens is 2. The Bertz CT molecular complexity index is 754. The predicted molar refractivity (Wildman–Crippen MR) is 94.8 cm³/mol. The topological polar surface area (TPSA) is 90.5 Å². The summed E-state index contributed by atoms with van der Waals surface area (Å²) < 4.78 is 7.14. The van der Waals surface area contributed by atoms with Crippen molar-refractivity contribution < 1.29 is 14.5 Å². The van der Waals surface area contributed by atoms with Crippen LogP contribution in [0.5, 0.6) is 0 Å². The monoisotopic (exact) mass is 358 g/mol. The van der Waals surface area contributed by atoms with Gasteiger partial charge >= 0.3 is 11.9 Å². The first kappa shape index (κ1) is 17.9. The molecule has 8 heteroatoms. The van der Waals surface area contributed by atoms with Crippen molar-refractivity contribution in [3.8, 4) is 0 Å². The van der Waals surface area contributed by atoms with Gasteiger partial charge in [0.2, 0.25) is 6.33 Å². The molecular formula is C18H22N4O4. The second-order valence-electron chi connectivity index (χ2n) is 6.61. The molecule has 8 nitrogen and oxygen atoms in total. The molecule has 0 spiro atoms. The number of amides is 1. The fourth-order valence-corrected chi connectivity index (χ4v) is 3.05. The number of ether oxygens (including phenoxy) is 1. The van der Waals surface area contributed by atoms with Gasteiger partial charge in [-0.25, -0.2) is 4.79 Å². The van der Waals surface area contributed by atoms with Gasteiger partial charge in [0.15, 0.2) is 0 Å². The lowest BCUT2D eigenvalue weighted by Crippen LogP contribution is -2.39. The zero-order valence-corrected chi connectivity index (χ0v) is 14.7. The molecule has 0 radical (unpaired) electrons. The van der Waals surface area contributed by atoms with Gasteiger partial charge in [-0.1, -0.05) is 37.3 Å². The van der Waals surface area contributed by atoms with Crippen molar-refractivity contribution in [1.82, 2.24) is 14.5 Å². The Labute approximate surface area is 151 Å². The Balaban J connectivity index is 1.72. The number of nitrogens with zero attached hydrogens (tertiary/aromatic N) is 4. The summed E-state index contributed by atoms with van der Waals surface area (Å²) in [4.78, 5) is 28.2. The molecule has 1 aromatic heterocycles. The van der Waals surface area contributed by atoms with Crippen molar-refractivity contribution in [2.75, 3.05) is 19.7 Å². The highest BCUT2D eigenvalue weighted by molar-refractivity contribution is 5.67.